The van der Waals surface area contributed by atoms with Crippen LogP contribution in [0.4, 0.5) is 18.9 Å². The second-order valence-electron chi connectivity index (χ2n) is 5.95. The van der Waals surface area contributed by atoms with Crippen molar-refractivity contribution in [1.29, 1.82) is 0 Å². The first-order valence-corrected chi connectivity index (χ1v) is 9.62. The number of halogens is 3. The molecule has 0 amide bonds. The molecule has 1 aliphatic heterocycles. The van der Waals surface area contributed by atoms with Gasteiger partial charge in [-0.05, 0) is 29.8 Å². The third kappa shape index (κ3) is 4.41. The van der Waals surface area contributed by atoms with Crippen LogP contribution < -0.4 is 9.64 Å². The number of hydrogen-bond donors (Lipinski definition) is 0. The van der Waals surface area contributed by atoms with Crippen molar-refractivity contribution in [2.75, 3.05) is 18.3 Å². The maximum Gasteiger partial charge on any atom is 0.433 e. The predicted molar refractivity (Wildman–Crippen MR) is 99.5 cm³/mol. The molecule has 2 heterocycles. The fourth-order valence-corrected chi connectivity index (χ4v) is 3.50. The number of alkyl halides is 3. The van der Waals surface area contributed by atoms with Gasteiger partial charge in [-0.3, -0.25) is 4.21 Å². The number of rotatable bonds is 5. The highest BCUT2D eigenvalue weighted by Crippen LogP contribution is 2.28. The Bertz CT molecular complexity index is 905. The van der Waals surface area contributed by atoms with Crippen LogP contribution in [0.3, 0.4) is 0 Å². The molecule has 0 radical (unpaired) electrons. The fraction of sp³-hybridized carbons (Fsp3) is 0.278. The topological polar surface area (TPSA) is 46.8 Å². The summed E-state index contributed by atoms with van der Waals surface area (Å²) in [5.41, 5.74) is -0.535. The number of hydrogen-bond acceptors (Lipinski definition) is 4. The van der Waals surface area contributed by atoms with Crippen molar-refractivity contribution in [3.8, 4) is 5.75 Å². The van der Waals surface area contributed by atoms with E-state index in [-0.39, 0.29) is 0 Å². The van der Waals surface area contributed by atoms with Gasteiger partial charge in [0.1, 0.15) is 11.5 Å². The lowest BCUT2D eigenvalue weighted by molar-refractivity contribution is -0.0580. The Kier molecular flexibility index (Phi) is 5.41. The first-order valence-electron chi connectivity index (χ1n) is 8.00. The Morgan fingerprint density at radius 2 is 2.07 bits per heavy atom. The van der Waals surface area contributed by atoms with Crippen LogP contribution in [-0.2, 0) is 17.3 Å². The summed E-state index contributed by atoms with van der Waals surface area (Å²) in [7, 11) is -0.0162. The average Bonchev–Trinajstić information content (AvgIpc) is 3.08. The van der Waals surface area contributed by atoms with Crippen LogP contribution in [0, 0.1) is 0 Å². The number of aromatic nitrogens is 1. The van der Waals surface area contributed by atoms with E-state index >= 15 is 0 Å². The first-order chi connectivity index (χ1) is 12.8. The maximum absolute atomic E-state index is 12.9. The fourth-order valence-electron chi connectivity index (χ4n) is 2.72. The molecule has 2 atom stereocenters. The summed E-state index contributed by atoms with van der Waals surface area (Å²) in [6, 6.07) is 9.34. The van der Waals surface area contributed by atoms with Crippen molar-refractivity contribution in [1.82, 2.24) is 4.57 Å². The van der Waals surface area contributed by atoms with Crippen LogP contribution in [0.1, 0.15) is 5.56 Å². The highest BCUT2D eigenvalue weighted by Gasteiger charge is 2.38. The van der Waals surface area contributed by atoms with Crippen molar-refractivity contribution in [3.63, 3.8) is 0 Å². The smallest absolute Gasteiger partial charge is 0.433 e. The van der Waals surface area contributed by atoms with Gasteiger partial charge in [0.05, 0.1) is 23.6 Å². The summed E-state index contributed by atoms with van der Waals surface area (Å²) < 4.78 is 57.8. The minimum atomic E-state index is -4.57. The van der Waals surface area contributed by atoms with E-state index in [4.69, 9.17) is 4.74 Å². The summed E-state index contributed by atoms with van der Waals surface area (Å²) in [4.78, 5) is 5.11. The summed E-state index contributed by atoms with van der Waals surface area (Å²) in [5.74, 6) is 0.745. The van der Waals surface area contributed by atoms with Gasteiger partial charge in [0.15, 0.2) is 0 Å². The van der Waals surface area contributed by atoms with Crippen molar-refractivity contribution in [2.45, 2.75) is 18.2 Å². The predicted octanol–water partition coefficient (Wildman–Crippen LogP) is 3.54. The van der Waals surface area contributed by atoms with Gasteiger partial charge in [0, 0.05) is 31.4 Å². The third-order valence-corrected chi connectivity index (χ3v) is 4.93. The Hall–Kier alpha value is -2.55. The van der Waals surface area contributed by atoms with Gasteiger partial charge in [0.2, 0.25) is 5.50 Å². The molecular weight excluding hydrogens is 379 g/mol. The van der Waals surface area contributed by atoms with Gasteiger partial charge < -0.3 is 14.2 Å². The van der Waals surface area contributed by atoms with E-state index in [1.165, 1.54) is 17.4 Å². The Morgan fingerprint density at radius 3 is 2.74 bits per heavy atom. The lowest BCUT2D eigenvalue weighted by atomic mass is 10.2. The molecule has 2 aromatic rings. The summed E-state index contributed by atoms with van der Waals surface area (Å²) in [6.07, 6.45) is 2.51. The lowest BCUT2D eigenvalue weighted by Crippen LogP contribution is -2.38. The summed E-state index contributed by atoms with van der Waals surface area (Å²) >= 11 is 0. The number of benzene rings is 1. The molecule has 2 unspecified atom stereocenters. The molecule has 9 heteroatoms. The van der Waals surface area contributed by atoms with Crippen molar-refractivity contribution in [3.05, 3.63) is 60.6 Å². The van der Waals surface area contributed by atoms with Crippen LogP contribution in [-0.4, -0.2) is 39.5 Å². The minimum Gasteiger partial charge on any atom is -0.497 e. The van der Waals surface area contributed by atoms with E-state index < -0.39 is 28.2 Å². The number of allylic oxidation sites excluding steroid dienone is 1. The molecule has 0 spiro atoms. The monoisotopic (exact) mass is 397 g/mol. The quantitative estimate of drug-likeness (QED) is 0.775. The maximum atomic E-state index is 12.9. The molecule has 1 aliphatic rings. The average molecular weight is 397 g/mol. The number of methoxy groups -OCH3 is 1. The van der Waals surface area contributed by atoms with E-state index in [9.17, 15) is 17.4 Å². The van der Waals surface area contributed by atoms with Crippen LogP contribution in [0.15, 0.2) is 60.0 Å². The molecular formula is C18H18F3N3O2S. The van der Waals surface area contributed by atoms with Gasteiger partial charge in [0.25, 0.3) is 0 Å². The molecule has 0 N–H and O–H groups in total. The molecule has 0 saturated carbocycles. The van der Waals surface area contributed by atoms with Crippen molar-refractivity contribution in [2.24, 2.45) is 4.99 Å². The summed E-state index contributed by atoms with van der Waals surface area (Å²) in [6.45, 7) is 0.561. The Balaban J connectivity index is 1.82. The van der Waals surface area contributed by atoms with Crippen LogP contribution in [0.25, 0.3) is 0 Å². The van der Waals surface area contributed by atoms with E-state index in [0.717, 1.165) is 17.4 Å². The van der Waals surface area contributed by atoms with Crippen LogP contribution in [0.2, 0.25) is 0 Å². The van der Waals surface area contributed by atoms with E-state index in [2.05, 4.69) is 4.99 Å². The molecule has 27 heavy (non-hydrogen) atoms. The van der Waals surface area contributed by atoms with Gasteiger partial charge in [-0.15, -0.1) is 0 Å². The zero-order chi connectivity index (χ0) is 19.6. The third-order valence-electron chi connectivity index (χ3n) is 4.00. The SMILES string of the molecule is COc1cccc(Cn2ccc(N3C=CC(C(F)(F)F)=NC3S(C)=O)c2)c1. The molecule has 144 valence electrons. The van der Waals surface area contributed by atoms with Crippen LogP contribution in [0.5, 0.6) is 5.75 Å². The zero-order valence-corrected chi connectivity index (χ0v) is 15.5. The molecule has 0 bridgehead atoms. The van der Waals surface area contributed by atoms with Gasteiger partial charge in [-0.25, -0.2) is 4.99 Å². The van der Waals surface area contributed by atoms with Crippen LogP contribution >= 0.6 is 0 Å². The van der Waals surface area contributed by atoms with E-state index in [0.29, 0.717) is 12.2 Å². The van der Waals surface area contributed by atoms with E-state index in [1.807, 2.05) is 28.8 Å². The molecule has 0 saturated heterocycles. The molecule has 3 rings (SSSR count). The zero-order valence-electron chi connectivity index (χ0n) is 14.7. The first kappa shape index (κ1) is 19.2. The molecule has 5 nitrogen and oxygen atoms in total. The number of nitrogens with zero attached hydrogens (tertiary/aromatic N) is 3. The number of aliphatic imine (C=N–C) groups is 1. The minimum absolute atomic E-state index is 0.561. The second kappa shape index (κ2) is 7.59. The Morgan fingerprint density at radius 1 is 1.30 bits per heavy atom. The molecule has 0 fully saturated rings. The van der Waals surface area contributed by atoms with Crippen molar-refractivity contribution >= 4 is 22.2 Å². The van der Waals surface area contributed by atoms with Gasteiger partial charge in [-0.2, -0.15) is 13.2 Å². The normalized spacial score (nSPS) is 18.3. The van der Waals surface area contributed by atoms with Crippen molar-refractivity contribution < 1.29 is 22.1 Å². The molecule has 1 aromatic carbocycles. The van der Waals surface area contributed by atoms with Gasteiger partial charge in [-0.1, -0.05) is 12.1 Å². The lowest BCUT2D eigenvalue weighted by Gasteiger charge is -2.29. The standard InChI is InChI=1S/C18H18F3N3O2S/c1-26-15-5-3-4-13(10-15)11-23-8-6-14(12-23)24-9-7-16(18(19,20)21)22-17(24)27(2)25/h3-10,12,17H,11H2,1-2H3. The largest absolute Gasteiger partial charge is 0.497 e. The number of anilines is 1. The molecule has 0 aliphatic carbocycles. The highest BCUT2D eigenvalue weighted by molar-refractivity contribution is 7.85. The Labute approximate surface area is 157 Å². The summed E-state index contributed by atoms with van der Waals surface area (Å²) in [5, 5.41) is 0. The molecule has 1 aromatic heterocycles. The van der Waals surface area contributed by atoms with E-state index in [1.54, 1.807) is 25.6 Å². The number of ether oxygens (including phenoxy) is 1. The highest BCUT2D eigenvalue weighted by atomic mass is 32.2. The van der Waals surface area contributed by atoms with Gasteiger partial charge >= 0.3 is 6.18 Å². The second-order valence-corrected chi connectivity index (χ2v) is 7.37.